The van der Waals surface area contributed by atoms with Gasteiger partial charge in [-0.15, -0.1) is 11.3 Å². The highest BCUT2D eigenvalue weighted by atomic mass is 32.1. The lowest BCUT2D eigenvalue weighted by Crippen LogP contribution is -2.33. The largest absolute Gasteiger partial charge is 0.313 e. The minimum atomic E-state index is 0.730. The molecule has 1 aromatic heterocycles. The molecule has 2 atom stereocenters. The fraction of sp³-hybridized carbons (Fsp3) is 0.714. The van der Waals surface area contributed by atoms with Crippen LogP contribution in [0.5, 0.6) is 0 Å². The van der Waals surface area contributed by atoms with E-state index in [1.54, 1.807) is 16.0 Å². The molecule has 0 amide bonds. The van der Waals surface area contributed by atoms with Crippen LogP contribution in [0.4, 0.5) is 0 Å². The van der Waals surface area contributed by atoms with Gasteiger partial charge in [0.25, 0.3) is 0 Å². The van der Waals surface area contributed by atoms with E-state index in [-0.39, 0.29) is 0 Å². The molecule has 3 heterocycles. The molecule has 2 unspecified atom stereocenters. The van der Waals surface area contributed by atoms with Crippen molar-refractivity contribution >= 4 is 11.3 Å². The number of fused-ring (bicyclic) bond motifs is 4. The summed E-state index contributed by atoms with van der Waals surface area (Å²) in [5.41, 5.74) is 3.26. The Morgan fingerprint density at radius 2 is 2.35 bits per heavy atom. The second-order valence-corrected chi connectivity index (χ2v) is 6.31. The van der Waals surface area contributed by atoms with E-state index in [9.17, 15) is 0 Å². The number of nitrogens with zero attached hydrogens (tertiary/aromatic N) is 1. The third-order valence-corrected chi connectivity index (χ3v) is 5.51. The van der Waals surface area contributed by atoms with E-state index >= 15 is 0 Å². The van der Waals surface area contributed by atoms with Crippen LogP contribution in [-0.4, -0.2) is 24.5 Å². The van der Waals surface area contributed by atoms with E-state index in [0.717, 1.165) is 25.2 Å². The highest BCUT2D eigenvalue weighted by Gasteiger charge is 2.39. The van der Waals surface area contributed by atoms with Crippen molar-refractivity contribution in [2.24, 2.45) is 0 Å². The number of rotatable bonds is 4. The average molecular weight is 250 g/mol. The molecule has 3 heteroatoms. The summed E-state index contributed by atoms with van der Waals surface area (Å²) in [6.45, 7) is 4.44. The Morgan fingerprint density at radius 1 is 1.47 bits per heavy atom. The Kier molecular flexibility index (Phi) is 3.24. The Bertz CT molecular complexity index is 399. The second-order valence-electron chi connectivity index (χ2n) is 5.40. The quantitative estimate of drug-likeness (QED) is 0.827. The number of thiophene rings is 1. The maximum Gasteiger partial charge on any atom is 0.0445 e. The fourth-order valence-electron chi connectivity index (χ4n) is 3.30. The van der Waals surface area contributed by atoms with Gasteiger partial charge in [0.15, 0.2) is 0 Å². The SMILES string of the molecule is CCCNCc1csc2c1CC1CCC2N1C. The first kappa shape index (κ1) is 11.7. The normalized spacial score (nSPS) is 27.4. The van der Waals surface area contributed by atoms with Crippen molar-refractivity contribution in [1.29, 1.82) is 0 Å². The van der Waals surface area contributed by atoms with Crippen LogP contribution in [0.3, 0.4) is 0 Å². The van der Waals surface area contributed by atoms with Gasteiger partial charge in [-0.1, -0.05) is 6.92 Å². The lowest BCUT2D eigenvalue weighted by molar-refractivity contribution is 0.227. The molecular weight excluding hydrogens is 228 g/mol. The maximum absolute atomic E-state index is 3.54. The first-order valence-electron chi connectivity index (χ1n) is 6.83. The van der Waals surface area contributed by atoms with Gasteiger partial charge in [0.2, 0.25) is 0 Å². The summed E-state index contributed by atoms with van der Waals surface area (Å²) in [5, 5.41) is 5.93. The van der Waals surface area contributed by atoms with Gasteiger partial charge in [-0.25, -0.2) is 0 Å². The predicted octanol–water partition coefficient (Wildman–Crippen LogP) is 2.94. The molecule has 0 aliphatic carbocycles. The molecule has 94 valence electrons. The zero-order chi connectivity index (χ0) is 11.8. The van der Waals surface area contributed by atoms with Gasteiger partial charge in [-0.05, 0) is 55.8 Å². The van der Waals surface area contributed by atoms with E-state index in [1.807, 2.05) is 11.3 Å². The van der Waals surface area contributed by atoms with Gasteiger partial charge in [0.05, 0.1) is 0 Å². The summed E-state index contributed by atoms with van der Waals surface area (Å²) in [7, 11) is 2.31. The third-order valence-electron chi connectivity index (χ3n) is 4.34. The minimum Gasteiger partial charge on any atom is -0.313 e. The Morgan fingerprint density at radius 3 is 3.18 bits per heavy atom. The third kappa shape index (κ3) is 1.94. The molecule has 0 aromatic carbocycles. The van der Waals surface area contributed by atoms with Crippen molar-refractivity contribution in [3.05, 3.63) is 21.4 Å². The topological polar surface area (TPSA) is 15.3 Å². The van der Waals surface area contributed by atoms with Gasteiger partial charge < -0.3 is 5.32 Å². The monoisotopic (exact) mass is 250 g/mol. The highest BCUT2D eigenvalue weighted by Crippen LogP contribution is 2.46. The summed E-state index contributed by atoms with van der Waals surface area (Å²) in [6, 6.07) is 1.54. The number of hydrogen-bond donors (Lipinski definition) is 1. The van der Waals surface area contributed by atoms with E-state index in [4.69, 9.17) is 0 Å². The lowest BCUT2D eigenvalue weighted by atomic mass is 9.98. The Balaban J connectivity index is 1.80. The Hall–Kier alpha value is -0.380. The summed E-state index contributed by atoms with van der Waals surface area (Å²) < 4.78 is 0. The molecule has 1 aromatic rings. The molecule has 0 radical (unpaired) electrons. The molecule has 0 spiro atoms. The van der Waals surface area contributed by atoms with Crippen molar-refractivity contribution in [1.82, 2.24) is 10.2 Å². The van der Waals surface area contributed by atoms with Crippen LogP contribution >= 0.6 is 11.3 Å². The molecule has 2 aliphatic heterocycles. The first-order chi connectivity index (χ1) is 8.31. The predicted molar refractivity (Wildman–Crippen MR) is 73.5 cm³/mol. The van der Waals surface area contributed by atoms with Crippen molar-refractivity contribution < 1.29 is 0 Å². The first-order valence-corrected chi connectivity index (χ1v) is 7.71. The van der Waals surface area contributed by atoms with Gasteiger partial charge in [0, 0.05) is 23.5 Å². The van der Waals surface area contributed by atoms with Crippen LogP contribution in [0.25, 0.3) is 0 Å². The van der Waals surface area contributed by atoms with Gasteiger partial charge in [-0.3, -0.25) is 4.90 Å². The average Bonchev–Trinajstić information content (AvgIpc) is 2.82. The zero-order valence-corrected chi connectivity index (χ0v) is 11.6. The second kappa shape index (κ2) is 4.71. The molecular formula is C14H22N2S. The van der Waals surface area contributed by atoms with Gasteiger partial charge >= 0.3 is 0 Å². The zero-order valence-electron chi connectivity index (χ0n) is 10.8. The van der Waals surface area contributed by atoms with E-state index in [1.165, 1.54) is 25.7 Å². The van der Waals surface area contributed by atoms with Crippen molar-refractivity contribution in [2.75, 3.05) is 13.6 Å². The van der Waals surface area contributed by atoms with Crippen LogP contribution in [0, 0.1) is 0 Å². The van der Waals surface area contributed by atoms with Crippen molar-refractivity contribution in [3.63, 3.8) is 0 Å². The summed E-state index contributed by atoms with van der Waals surface area (Å²) >= 11 is 1.99. The lowest BCUT2D eigenvalue weighted by Gasteiger charge is -2.31. The van der Waals surface area contributed by atoms with Gasteiger partial charge in [0.1, 0.15) is 0 Å². The van der Waals surface area contributed by atoms with Crippen molar-refractivity contribution in [2.45, 2.75) is 51.2 Å². The molecule has 1 fully saturated rings. The summed E-state index contributed by atoms with van der Waals surface area (Å²) in [6.07, 6.45) is 5.27. The van der Waals surface area contributed by atoms with E-state index in [0.29, 0.717) is 0 Å². The van der Waals surface area contributed by atoms with Crippen LogP contribution < -0.4 is 5.32 Å². The summed E-state index contributed by atoms with van der Waals surface area (Å²) in [5.74, 6) is 0. The molecule has 1 saturated heterocycles. The summed E-state index contributed by atoms with van der Waals surface area (Å²) in [4.78, 5) is 4.26. The van der Waals surface area contributed by atoms with Crippen LogP contribution in [0.15, 0.2) is 5.38 Å². The molecule has 17 heavy (non-hydrogen) atoms. The smallest absolute Gasteiger partial charge is 0.0445 e. The van der Waals surface area contributed by atoms with Crippen LogP contribution in [0.2, 0.25) is 0 Å². The van der Waals surface area contributed by atoms with Crippen molar-refractivity contribution in [3.8, 4) is 0 Å². The van der Waals surface area contributed by atoms with E-state index in [2.05, 4.69) is 29.6 Å². The van der Waals surface area contributed by atoms with Crippen LogP contribution in [-0.2, 0) is 13.0 Å². The number of hydrogen-bond acceptors (Lipinski definition) is 3. The molecule has 2 nitrogen and oxygen atoms in total. The fourth-order valence-corrected chi connectivity index (χ4v) is 4.60. The number of likely N-dealkylation sites (N-methyl/N-ethyl adjacent to an activating group) is 1. The van der Waals surface area contributed by atoms with E-state index < -0.39 is 0 Å². The molecule has 2 bridgehead atoms. The Labute approximate surface area is 108 Å². The maximum atomic E-state index is 3.54. The highest BCUT2D eigenvalue weighted by molar-refractivity contribution is 7.10. The molecule has 1 N–H and O–H groups in total. The standard InChI is InChI=1S/C14H22N2S/c1-3-6-15-8-10-9-17-14-12(10)7-11-4-5-13(14)16(11)2/h9,11,13,15H,3-8H2,1-2H3. The van der Waals surface area contributed by atoms with Gasteiger partial charge in [-0.2, -0.15) is 0 Å². The minimum absolute atomic E-state index is 0.730. The van der Waals surface area contributed by atoms with Crippen LogP contribution in [0.1, 0.15) is 48.2 Å². The number of nitrogens with one attached hydrogen (secondary N) is 1. The molecule has 3 rings (SSSR count). The molecule has 2 aliphatic rings. The molecule has 0 saturated carbocycles.